The molecule has 18 nitrogen and oxygen atoms in total. The summed E-state index contributed by atoms with van der Waals surface area (Å²) in [7, 11) is 1.94. The molecule has 2 N–H and O–H groups in total. The molecule has 0 radical (unpaired) electrons. The van der Waals surface area contributed by atoms with Crippen molar-refractivity contribution < 1.29 is 32.6 Å². The summed E-state index contributed by atoms with van der Waals surface area (Å²) in [6, 6.07) is 6.57. The lowest BCUT2D eigenvalue weighted by atomic mass is 9.85. The summed E-state index contributed by atoms with van der Waals surface area (Å²) in [5.74, 6) is 0.222. The Morgan fingerprint density at radius 2 is 1.80 bits per heavy atom. The summed E-state index contributed by atoms with van der Waals surface area (Å²) in [5, 5.41) is 14.0. The number of aromatic nitrogens is 7. The van der Waals surface area contributed by atoms with Crippen LogP contribution in [-0.4, -0.2) is 129 Å². The number of carbonyl (C=O) groups is 3. The highest BCUT2D eigenvalue weighted by atomic mass is 19.3. The molecule has 7 heterocycles. The van der Waals surface area contributed by atoms with Crippen LogP contribution in [0.2, 0.25) is 0 Å². The van der Waals surface area contributed by atoms with Crippen molar-refractivity contribution in [2.45, 2.75) is 89.3 Å². The lowest BCUT2D eigenvalue weighted by Gasteiger charge is -2.36. The smallest absolute Gasteiger partial charge is 0.284 e. The SMILES string of the molecule is Cc1nc2cccc(N(C)CCCOC3CCN(CC4CCC(n5cc(NC(=O)c6cnn7ccc(N8CCOCC8)nc67)c(C(F)F)n5)CC4)CC3)c2c(=O)n1C1CCC(=O)NC1=O. The largest absolute Gasteiger partial charge is 0.378 e. The van der Waals surface area contributed by atoms with Crippen molar-refractivity contribution in [3.8, 4) is 0 Å². The summed E-state index contributed by atoms with van der Waals surface area (Å²) in [6.45, 7) is 8.34. The number of likely N-dealkylation sites (tertiary alicyclic amines) is 1. The average molecular weight is 899 g/mol. The van der Waals surface area contributed by atoms with Gasteiger partial charge in [-0.2, -0.15) is 10.2 Å². The molecule has 3 amide bonds. The number of carbonyl (C=O) groups excluding carboxylic acids is 3. The highest BCUT2D eigenvalue weighted by Gasteiger charge is 2.32. The maximum atomic E-state index is 14.3. The number of hydrogen-bond acceptors (Lipinski definition) is 13. The maximum Gasteiger partial charge on any atom is 0.284 e. The first-order valence-corrected chi connectivity index (χ1v) is 22.8. The van der Waals surface area contributed by atoms with Gasteiger partial charge in [0, 0.05) is 71.7 Å². The first kappa shape index (κ1) is 44.3. The molecule has 3 aliphatic heterocycles. The van der Waals surface area contributed by atoms with Crippen molar-refractivity contribution >= 4 is 51.5 Å². The van der Waals surface area contributed by atoms with Gasteiger partial charge in [-0.05, 0) is 82.4 Å². The molecule has 1 unspecified atom stereocenters. The predicted octanol–water partition coefficient (Wildman–Crippen LogP) is 4.69. The number of alkyl halides is 2. The predicted molar refractivity (Wildman–Crippen MR) is 238 cm³/mol. The van der Waals surface area contributed by atoms with Crippen molar-refractivity contribution in [1.82, 2.24) is 44.1 Å². The first-order valence-electron chi connectivity index (χ1n) is 22.8. The van der Waals surface area contributed by atoms with Crippen LogP contribution in [0.1, 0.15) is 98.2 Å². The van der Waals surface area contributed by atoms with E-state index in [1.165, 1.54) is 21.5 Å². The minimum atomic E-state index is -2.86. The first-order chi connectivity index (χ1) is 31.5. The molecule has 9 rings (SSSR count). The van der Waals surface area contributed by atoms with Gasteiger partial charge in [-0.25, -0.2) is 23.3 Å². The van der Waals surface area contributed by atoms with E-state index in [4.69, 9.17) is 9.47 Å². The number of aryl methyl sites for hydroxylation is 1. The summed E-state index contributed by atoms with van der Waals surface area (Å²) in [4.78, 5) is 67.7. The molecule has 4 aliphatic rings. The lowest BCUT2D eigenvalue weighted by molar-refractivity contribution is -0.135. The van der Waals surface area contributed by atoms with Gasteiger partial charge in [-0.15, -0.1) is 0 Å². The van der Waals surface area contributed by atoms with E-state index in [1.54, 1.807) is 23.9 Å². The van der Waals surface area contributed by atoms with Crippen molar-refractivity contribution in [2.75, 3.05) is 81.3 Å². The fraction of sp³-hybridized carbons (Fsp3) is 0.556. The molecule has 5 aromatic rings. The number of morpholine rings is 1. The third-order valence-electron chi connectivity index (χ3n) is 13.4. The Morgan fingerprint density at radius 1 is 1.02 bits per heavy atom. The van der Waals surface area contributed by atoms with Gasteiger partial charge in [0.05, 0.1) is 53.8 Å². The number of fused-ring (bicyclic) bond motifs is 2. The monoisotopic (exact) mass is 898 g/mol. The fourth-order valence-electron chi connectivity index (χ4n) is 9.87. The van der Waals surface area contributed by atoms with E-state index < -0.39 is 30.0 Å². The third-order valence-corrected chi connectivity index (χ3v) is 13.4. The van der Waals surface area contributed by atoms with E-state index in [2.05, 4.69) is 40.6 Å². The van der Waals surface area contributed by atoms with E-state index in [-0.39, 0.29) is 47.7 Å². The van der Waals surface area contributed by atoms with Crippen LogP contribution in [0, 0.1) is 12.8 Å². The van der Waals surface area contributed by atoms with Gasteiger partial charge in [-0.3, -0.25) is 33.7 Å². The van der Waals surface area contributed by atoms with Gasteiger partial charge in [-0.1, -0.05) is 6.07 Å². The lowest BCUT2D eigenvalue weighted by Crippen LogP contribution is -2.45. The quantitative estimate of drug-likeness (QED) is 0.116. The Balaban J connectivity index is 0.724. The number of halogens is 2. The van der Waals surface area contributed by atoms with Crippen LogP contribution in [0.3, 0.4) is 0 Å². The number of benzene rings is 1. The van der Waals surface area contributed by atoms with Gasteiger partial charge in [0.15, 0.2) is 11.3 Å². The number of nitrogens with zero attached hydrogens (tertiary/aromatic N) is 10. The molecule has 0 bridgehead atoms. The molecular formula is C45H56F2N12O6. The van der Waals surface area contributed by atoms with Gasteiger partial charge in [0.25, 0.3) is 17.9 Å². The minimum Gasteiger partial charge on any atom is -0.378 e. The Morgan fingerprint density at radius 3 is 2.55 bits per heavy atom. The second-order valence-corrected chi connectivity index (χ2v) is 17.7. The molecule has 1 atom stereocenters. The number of anilines is 3. The number of rotatable bonds is 14. The molecule has 20 heteroatoms. The number of hydrogen-bond donors (Lipinski definition) is 2. The van der Waals surface area contributed by atoms with E-state index in [9.17, 15) is 28.0 Å². The van der Waals surface area contributed by atoms with Crippen molar-refractivity contribution in [3.63, 3.8) is 0 Å². The van der Waals surface area contributed by atoms with Crippen LogP contribution in [0.5, 0.6) is 0 Å². The molecule has 1 saturated carbocycles. The topological polar surface area (TPSA) is 186 Å². The van der Waals surface area contributed by atoms with Crippen LogP contribution in [0.4, 0.5) is 26.0 Å². The second kappa shape index (κ2) is 19.3. The molecule has 0 spiro atoms. The summed E-state index contributed by atoms with van der Waals surface area (Å²) in [5.41, 5.74) is 1.06. The average Bonchev–Trinajstić information content (AvgIpc) is 3.94. The standard InChI is InChI=1S/C45H56F2N12O6/c1-28-49-33-5-3-6-35(39(33)45(63)59(28)36-11-12-38(60)52-44(36)62)54(2)16-4-22-65-31-13-17-55(18-14-31)26-29-7-9-30(10-8-29)58-27-34(40(53-58)41(46)47)50-43(61)32-25-48-57-19-15-37(51-42(32)57)56-20-23-64-24-21-56/h3,5-6,15,19,25,27,29-31,36,41H,4,7-14,16-18,20-24,26H2,1-2H3,(H,50,61)(H,52,60,62). The van der Waals surface area contributed by atoms with E-state index in [0.29, 0.717) is 73.6 Å². The normalized spacial score (nSPS) is 21.4. The van der Waals surface area contributed by atoms with Crippen LogP contribution in [-0.2, 0) is 19.1 Å². The molecule has 4 fully saturated rings. The zero-order chi connectivity index (χ0) is 45.2. The number of piperidine rings is 2. The Kier molecular flexibility index (Phi) is 13.2. The van der Waals surface area contributed by atoms with Gasteiger partial charge in [0.2, 0.25) is 11.8 Å². The second-order valence-electron chi connectivity index (χ2n) is 17.7. The van der Waals surface area contributed by atoms with Gasteiger partial charge < -0.3 is 29.5 Å². The molecule has 1 aliphatic carbocycles. The van der Waals surface area contributed by atoms with E-state index in [0.717, 1.165) is 70.3 Å². The molecule has 3 saturated heterocycles. The van der Waals surface area contributed by atoms with Crippen LogP contribution >= 0.6 is 0 Å². The molecule has 65 heavy (non-hydrogen) atoms. The highest BCUT2D eigenvalue weighted by Crippen LogP contribution is 2.36. The maximum absolute atomic E-state index is 14.3. The Bertz CT molecular complexity index is 2590. The molecule has 1 aromatic carbocycles. The summed E-state index contributed by atoms with van der Waals surface area (Å²) < 4.78 is 44.9. The molecular weight excluding hydrogens is 843 g/mol. The minimum absolute atomic E-state index is 0.00972. The Labute approximate surface area is 374 Å². The summed E-state index contributed by atoms with van der Waals surface area (Å²) in [6.07, 6.45) is 8.57. The van der Waals surface area contributed by atoms with E-state index >= 15 is 0 Å². The van der Waals surface area contributed by atoms with Gasteiger partial charge >= 0.3 is 0 Å². The third kappa shape index (κ3) is 9.60. The van der Waals surface area contributed by atoms with Crippen LogP contribution in [0.25, 0.3) is 16.6 Å². The number of nitrogens with one attached hydrogen (secondary N) is 2. The van der Waals surface area contributed by atoms with E-state index in [1.807, 2.05) is 30.1 Å². The van der Waals surface area contributed by atoms with Crippen molar-refractivity contribution in [2.24, 2.45) is 5.92 Å². The number of amides is 3. The zero-order valence-electron chi connectivity index (χ0n) is 36.8. The van der Waals surface area contributed by atoms with Crippen molar-refractivity contribution in [1.29, 1.82) is 0 Å². The molecule has 4 aromatic heterocycles. The summed E-state index contributed by atoms with van der Waals surface area (Å²) >= 11 is 0. The molecule has 346 valence electrons. The number of imide groups is 1. The highest BCUT2D eigenvalue weighted by molar-refractivity contribution is 6.08. The van der Waals surface area contributed by atoms with Gasteiger partial charge in [0.1, 0.15) is 23.2 Å². The van der Waals surface area contributed by atoms with Crippen molar-refractivity contribution in [3.05, 3.63) is 70.3 Å². The number of ether oxygens (including phenoxy) is 2. The fourth-order valence-corrected chi connectivity index (χ4v) is 9.87. The Hall–Kier alpha value is -5.86. The zero-order valence-corrected chi connectivity index (χ0v) is 36.8. The van der Waals surface area contributed by atoms with Crippen LogP contribution < -0.4 is 26.0 Å². The van der Waals surface area contributed by atoms with Crippen LogP contribution in [0.15, 0.2) is 47.7 Å².